The Balaban J connectivity index is 2.15. The number of carbonyl (C=O) groups excluding carboxylic acids is 2. The van der Waals surface area contributed by atoms with Crippen molar-refractivity contribution in [1.82, 2.24) is 9.80 Å². The monoisotopic (exact) mass is 480 g/mol. The summed E-state index contributed by atoms with van der Waals surface area (Å²) in [4.78, 5) is 30.0. The number of nitrogens with zero attached hydrogens (tertiary/aromatic N) is 2. The van der Waals surface area contributed by atoms with Gasteiger partial charge >= 0.3 is 0 Å². The molecule has 188 valence electrons. The lowest BCUT2D eigenvalue weighted by Crippen LogP contribution is -2.32. The van der Waals surface area contributed by atoms with Gasteiger partial charge < -0.3 is 24.4 Å². The van der Waals surface area contributed by atoms with Gasteiger partial charge in [0, 0.05) is 12.1 Å². The molecule has 0 saturated carbocycles. The summed E-state index contributed by atoms with van der Waals surface area (Å²) in [7, 11) is 5.50. The molecule has 3 rings (SSSR count). The van der Waals surface area contributed by atoms with Crippen LogP contribution in [-0.4, -0.2) is 67.5 Å². The average Bonchev–Trinajstić information content (AvgIpc) is 3.08. The highest BCUT2D eigenvalue weighted by Crippen LogP contribution is 2.41. The van der Waals surface area contributed by atoms with E-state index in [0.29, 0.717) is 36.4 Å². The largest absolute Gasteiger partial charge is 0.507 e. The van der Waals surface area contributed by atoms with E-state index in [1.165, 1.54) is 0 Å². The van der Waals surface area contributed by atoms with Gasteiger partial charge in [-0.05, 0) is 81.4 Å². The molecule has 35 heavy (non-hydrogen) atoms. The summed E-state index contributed by atoms with van der Waals surface area (Å²) < 4.78 is 11.1. The highest BCUT2D eigenvalue weighted by atomic mass is 16.5. The second-order valence-electron chi connectivity index (χ2n) is 9.27. The predicted molar refractivity (Wildman–Crippen MR) is 137 cm³/mol. The van der Waals surface area contributed by atoms with Gasteiger partial charge in [0.15, 0.2) is 0 Å². The number of ketones is 1. The van der Waals surface area contributed by atoms with Gasteiger partial charge in [-0.25, -0.2) is 0 Å². The van der Waals surface area contributed by atoms with Crippen molar-refractivity contribution in [2.75, 3.05) is 40.9 Å². The van der Waals surface area contributed by atoms with Crippen molar-refractivity contribution in [1.29, 1.82) is 0 Å². The first-order valence-electron chi connectivity index (χ1n) is 12.0. The summed E-state index contributed by atoms with van der Waals surface area (Å²) >= 11 is 0. The van der Waals surface area contributed by atoms with Crippen LogP contribution in [0.5, 0.6) is 11.5 Å². The Morgan fingerprint density at radius 3 is 2.51 bits per heavy atom. The van der Waals surface area contributed by atoms with Crippen LogP contribution < -0.4 is 9.47 Å². The van der Waals surface area contributed by atoms with Crippen molar-refractivity contribution >= 4 is 17.4 Å². The smallest absolute Gasteiger partial charge is 0.295 e. The van der Waals surface area contributed by atoms with Crippen LogP contribution in [0.15, 0.2) is 48.0 Å². The molecule has 1 aliphatic heterocycles. The van der Waals surface area contributed by atoms with Gasteiger partial charge in [0.2, 0.25) is 0 Å². The van der Waals surface area contributed by atoms with Crippen LogP contribution in [0.25, 0.3) is 5.76 Å². The molecule has 1 atom stereocenters. The number of hydrogen-bond donors (Lipinski definition) is 1. The molecule has 7 nitrogen and oxygen atoms in total. The highest BCUT2D eigenvalue weighted by Gasteiger charge is 2.46. The Morgan fingerprint density at radius 2 is 1.89 bits per heavy atom. The predicted octanol–water partition coefficient (Wildman–Crippen LogP) is 4.59. The lowest BCUT2D eigenvalue weighted by Gasteiger charge is -2.26. The van der Waals surface area contributed by atoms with Gasteiger partial charge in [-0.3, -0.25) is 9.59 Å². The third kappa shape index (κ3) is 5.68. The summed E-state index contributed by atoms with van der Waals surface area (Å²) in [6.45, 7) is 7.69. The Labute approximate surface area is 207 Å². The summed E-state index contributed by atoms with van der Waals surface area (Å²) in [6, 6.07) is 12.0. The normalized spacial score (nSPS) is 17.5. The number of methoxy groups -OCH3 is 1. The van der Waals surface area contributed by atoms with Gasteiger partial charge in [-0.15, -0.1) is 0 Å². The standard InChI is InChI=1S/C28H36N2O5/c1-7-35-23-13-12-20(17-22(23)18(2)3)26(31)24-25(19-10-8-11-21(16-19)34-6)30(28(33)27(24)32)15-9-14-29(4)5/h8,10-13,16-18,25,31H,7,9,14-15H2,1-6H3/b26-24-. The van der Waals surface area contributed by atoms with E-state index >= 15 is 0 Å². The number of amides is 1. The third-order valence-corrected chi connectivity index (χ3v) is 6.16. The SMILES string of the molecule is CCOc1ccc(/C(O)=C2/C(=O)C(=O)N(CCCN(C)C)C2c2cccc(OC)c2)cc1C(C)C. The second kappa shape index (κ2) is 11.4. The van der Waals surface area contributed by atoms with E-state index in [9.17, 15) is 14.7 Å². The molecular formula is C28H36N2O5. The van der Waals surface area contributed by atoms with Crippen LogP contribution >= 0.6 is 0 Å². The van der Waals surface area contributed by atoms with Crippen molar-refractivity contribution in [3.8, 4) is 11.5 Å². The van der Waals surface area contributed by atoms with Crippen LogP contribution in [0, 0.1) is 0 Å². The highest BCUT2D eigenvalue weighted by molar-refractivity contribution is 6.46. The van der Waals surface area contributed by atoms with Crippen molar-refractivity contribution in [2.45, 2.75) is 39.2 Å². The minimum Gasteiger partial charge on any atom is -0.507 e. The second-order valence-corrected chi connectivity index (χ2v) is 9.27. The Kier molecular flexibility index (Phi) is 8.57. The van der Waals surface area contributed by atoms with Crippen molar-refractivity contribution in [3.63, 3.8) is 0 Å². The molecule has 0 bridgehead atoms. The summed E-state index contributed by atoms with van der Waals surface area (Å²) in [6.07, 6.45) is 0.696. The van der Waals surface area contributed by atoms with Gasteiger partial charge in [0.05, 0.1) is 25.3 Å². The number of Topliss-reactive ketones (excluding diaryl/α,β-unsaturated/α-hetero) is 1. The summed E-state index contributed by atoms with van der Waals surface area (Å²) in [5.41, 5.74) is 2.21. The zero-order valence-electron chi connectivity index (χ0n) is 21.5. The topological polar surface area (TPSA) is 79.3 Å². The molecule has 1 unspecified atom stereocenters. The van der Waals surface area contributed by atoms with Gasteiger partial charge in [0.1, 0.15) is 17.3 Å². The molecule has 0 spiro atoms. The number of ether oxygens (including phenoxy) is 2. The van der Waals surface area contributed by atoms with E-state index in [1.54, 1.807) is 24.1 Å². The van der Waals surface area contributed by atoms with Crippen LogP contribution in [-0.2, 0) is 9.59 Å². The van der Waals surface area contributed by atoms with E-state index in [-0.39, 0.29) is 17.3 Å². The van der Waals surface area contributed by atoms with E-state index in [4.69, 9.17) is 9.47 Å². The minimum atomic E-state index is -0.707. The maximum absolute atomic E-state index is 13.3. The van der Waals surface area contributed by atoms with Gasteiger partial charge in [0.25, 0.3) is 11.7 Å². The Morgan fingerprint density at radius 1 is 1.14 bits per heavy atom. The number of aliphatic hydroxyl groups excluding tert-OH is 1. The Hall–Kier alpha value is -3.32. The first-order valence-corrected chi connectivity index (χ1v) is 12.0. The van der Waals surface area contributed by atoms with Gasteiger partial charge in [-0.2, -0.15) is 0 Å². The van der Waals surface area contributed by atoms with Crippen LogP contribution in [0.3, 0.4) is 0 Å². The quantitative estimate of drug-likeness (QED) is 0.304. The maximum Gasteiger partial charge on any atom is 0.295 e. The third-order valence-electron chi connectivity index (χ3n) is 6.16. The molecule has 2 aromatic carbocycles. The van der Waals surface area contributed by atoms with Crippen LogP contribution in [0.4, 0.5) is 0 Å². The fourth-order valence-corrected chi connectivity index (χ4v) is 4.42. The lowest BCUT2D eigenvalue weighted by molar-refractivity contribution is -0.139. The van der Waals surface area contributed by atoms with Gasteiger partial charge in [-0.1, -0.05) is 26.0 Å². The number of benzene rings is 2. The van der Waals surface area contributed by atoms with E-state index in [2.05, 4.69) is 0 Å². The number of hydrogen-bond acceptors (Lipinski definition) is 6. The van der Waals surface area contributed by atoms with Crippen LogP contribution in [0.2, 0.25) is 0 Å². The lowest BCUT2D eigenvalue weighted by atomic mass is 9.93. The van der Waals surface area contributed by atoms with Crippen molar-refractivity contribution in [3.05, 3.63) is 64.7 Å². The molecule has 1 saturated heterocycles. The molecule has 2 aromatic rings. The van der Waals surface area contributed by atoms with E-state index in [1.807, 2.05) is 70.1 Å². The van der Waals surface area contributed by atoms with Crippen LogP contribution in [0.1, 0.15) is 55.8 Å². The molecule has 1 N–H and O–H groups in total. The van der Waals surface area contributed by atoms with E-state index in [0.717, 1.165) is 17.9 Å². The molecule has 7 heteroatoms. The maximum atomic E-state index is 13.3. The zero-order valence-corrected chi connectivity index (χ0v) is 21.5. The molecule has 0 aliphatic carbocycles. The number of aliphatic hydroxyl groups is 1. The Bertz CT molecular complexity index is 1110. The van der Waals surface area contributed by atoms with Crippen molar-refractivity contribution in [2.24, 2.45) is 0 Å². The molecule has 1 aliphatic rings. The summed E-state index contributed by atoms with van der Waals surface area (Å²) in [5, 5.41) is 11.4. The number of likely N-dealkylation sites (tertiary alicyclic amines) is 1. The zero-order chi connectivity index (χ0) is 25.7. The molecule has 0 aromatic heterocycles. The first kappa shape index (κ1) is 26.3. The molecule has 1 amide bonds. The van der Waals surface area contributed by atoms with E-state index < -0.39 is 17.7 Å². The van der Waals surface area contributed by atoms with Crippen molar-refractivity contribution < 1.29 is 24.2 Å². The first-order chi connectivity index (χ1) is 16.7. The number of rotatable bonds is 10. The molecular weight excluding hydrogens is 444 g/mol. The fraction of sp³-hybridized carbons (Fsp3) is 0.429. The minimum absolute atomic E-state index is 0.0898. The molecule has 1 heterocycles. The molecule has 0 radical (unpaired) electrons. The fourth-order valence-electron chi connectivity index (χ4n) is 4.42. The molecule has 1 fully saturated rings. The average molecular weight is 481 g/mol. The number of carbonyl (C=O) groups is 2. The summed E-state index contributed by atoms with van der Waals surface area (Å²) in [5.74, 6) is 0.0357.